The molecule has 0 aromatic carbocycles. The highest BCUT2D eigenvalue weighted by atomic mass is 16.5. The van der Waals surface area contributed by atoms with E-state index in [1.807, 2.05) is 6.08 Å². The molecule has 0 bridgehead atoms. The molecule has 1 aromatic rings. The Hall–Kier alpha value is -2.10. The van der Waals surface area contributed by atoms with E-state index < -0.39 is 0 Å². The minimum atomic E-state index is -0.377. The van der Waals surface area contributed by atoms with Crippen molar-refractivity contribution < 1.29 is 9.53 Å². The van der Waals surface area contributed by atoms with Gasteiger partial charge in [0.2, 0.25) is 5.82 Å². The first-order valence-corrected chi connectivity index (χ1v) is 11.1. The van der Waals surface area contributed by atoms with Crippen molar-refractivity contribution in [3.8, 4) is 0 Å². The molecular weight excluding hydrogens is 360 g/mol. The normalized spacial score (nSPS) is 17.2. The Balaban J connectivity index is 1.91. The molecule has 160 valence electrons. The molecule has 1 aliphatic carbocycles. The van der Waals surface area contributed by atoms with Crippen LogP contribution < -0.4 is 0 Å². The standard InChI is InChI=1S/C25H38N2O2/c1-6-7-8-9-10-16-29-24(28)23-26-18-21(27-23)17-19(2)13-14-22-20(3)12-11-15-25(22,4)5/h13-14,17-18H,6-12,15-16H2,1-5H3,(H,26,27). The molecule has 29 heavy (non-hydrogen) atoms. The lowest BCUT2D eigenvalue weighted by molar-refractivity contribution is 0.0484. The zero-order chi connectivity index (χ0) is 21.3. The number of aromatic amines is 1. The molecule has 0 aliphatic heterocycles. The summed E-state index contributed by atoms with van der Waals surface area (Å²) in [7, 11) is 0. The maximum absolute atomic E-state index is 12.1. The number of imidazole rings is 1. The van der Waals surface area contributed by atoms with Gasteiger partial charge in [-0.05, 0) is 62.2 Å². The first-order valence-electron chi connectivity index (χ1n) is 11.1. The molecule has 0 atom stereocenters. The van der Waals surface area contributed by atoms with Gasteiger partial charge in [-0.2, -0.15) is 0 Å². The van der Waals surface area contributed by atoms with E-state index in [-0.39, 0.29) is 17.2 Å². The third-order valence-electron chi connectivity index (χ3n) is 5.70. The first-order chi connectivity index (χ1) is 13.8. The lowest BCUT2D eigenvalue weighted by atomic mass is 9.72. The fourth-order valence-corrected chi connectivity index (χ4v) is 3.96. The van der Waals surface area contributed by atoms with E-state index in [9.17, 15) is 4.79 Å². The van der Waals surface area contributed by atoms with Crippen LogP contribution in [0.15, 0.2) is 35.1 Å². The molecule has 1 N–H and O–H groups in total. The van der Waals surface area contributed by atoms with Crippen LogP contribution in [-0.2, 0) is 4.74 Å². The third-order valence-corrected chi connectivity index (χ3v) is 5.70. The van der Waals surface area contributed by atoms with Gasteiger partial charge in [-0.3, -0.25) is 0 Å². The van der Waals surface area contributed by atoms with Gasteiger partial charge in [-0.15, -0.1) is 0 Å². The number of allylic oxidation sites excluding steroid dienone is 5. The average molecular weight is 399 g/mol. The van der Waals surface area contributed by atoms with Crippen molar-refractivity contribution in [2.75, 3.05) is 6.61 Å². The first kappa shape index (κ1) is 23.2. The second-order valence-corrected chi connectivity index (χ2v) is 8.88. The fraction of sp³-hybridized carbons (Fsp3) is 0.600. The highest BCUT2D eigenvalue weighted by Gasteiger charge is 2.26. The van der Waals surface area contributed by atoms with Crippen molar-refractivity contribution >= 4 is 12.0 Å². The summed E-state index contributed by atoms with van der Waals surface area (Å²) in [6.07, 6.45) is 17.5. The Kier molecular flexibility index (Phi) is 8.94. The summed E-state index contributed by atoms with van der Waals surface area (Å²) in [6.45, 7) is 11.6. The number of hydrogen-bond donors (Lipinski definition) is 1. The van der Waals surface area contributed by atoms with Gasteiger partial charge < -0.3 is 9.72 Å². The van der Waals surface area contributed by atoms with Gasteiger partial charge >= 0.3 is 5.97 Å². The minimum Gasteiger partial charge on any atom is -0.460 e. The SMILES string of the molecule is CCCCCCCOC(=O)c1nc(C=C(C)C=CC2=C(C)CCCC2(C)C)c[nH]1. The van der Waals surface area contributed by atoms with Gasteiger partial charge in [0.05, 0.1) is 12.3 Å². The number of ether oxygens (including phenoxy) is 1. The lowest BCUT2D eigenvalue weighted by Crippen LogP contribution is -2.19. The van der Waals surface area contributed by atoms with Gasteiger partial charge in [0.1, 0.15) is 0 Å². The maximum Gasteiger partial charge on any atom is 0.374 e. The third kappa shape index (κ3) is 7.34. The smallest absolute Gasteiger partial charge is 0.374 e. The van der Waals surface area contributed by atoms with Crippen molar-refractivity contribution in [1.82, 2.24) is 9.97 Å². The van der Waals surface area contributed by atoms with Crippen LogP contribution in [0.5, 0.6) is 0 Å². The number of carbonyl (C=O) groups is 1. The van der Waals surface area contributed by atoms with Crippen LogP contribution in [-0.4, -0.2) is 22.5 Å². The molecule has 1 heterocycles. The van der Waals surface area contributed by atoms with E-state index in [1.54, 1.807) is 6.20 Å². The van der Waals surface area contributed by atoms with Crippen molar-refractivity contribution in [2.45, 2.75) is 86.0 Å². The average Bonchev–Trinajstić information content (AvgIpc) is 3.12. The summed E-state index contributed by atoms with van der Waals surface area (Å²) < 4.78 is 5.31. The summed E-state index contributed by atoms with van der Waals surface area (Å²) in [5, 5.41) is 0. The van der Waals surface area contributed by atoms with Crippen LogP contribution >= 0.6 is 0 Å². The zero-order valence-electron chi connectivity index (χ0n) is 18.9. The number of rotatable bonds is 10. The van der Waals surface area contributed by atoms with Crippen LogP contribution in [0.3, 0.4) is 0 Å². The summed E-state index contributed by atoms with van der Waals surface area (Å²) in [5.74, 6) is -0.105. The summed E-state index contributed by atoms with van der Waals surface area (Å²) in [4.78, 5) is 19.4. The van der Waals surface area contributed by atoms with Gasteiger partial charge in [0.15, 0.2) is 0 Å². The number of carbonyl (C=O) groups excluding carboxylic acids is 1. The Bertz CT molecular complexity index is 766. The Morgan fingerprint density at radius 2 is 2.03 bits per heavy atom. The lowest BCUT2D eigenvalue weighted by Gasteiger charge is -2.32. The zero-order valence-corrected chi connectivity index (χ0v) is 18.9. The quantitative estimate of drug-likeness (QED) is 0.262. The second kappa shape index (κ2) is 11.2. The molecule has 4 nitrogen and oxygen atoms in total. The number of nitrogens with zero attached hydrogens (tertiary/aromatic N) is 1. The molecule has 0 amide bonds. The van der Waals surface area contributed by atoms with E-state index in [0.29, 0.717) is 6.61 Å². The summed E-state index contributed by atoms with van der Waals surface area (Å²) >= 11 is 0. The van der Waals surface area contributed by atoms with Gasteiger partial charge in [0.25, 0.3) is 0 Å². The van der Waals surface area contributed by atoms with E-state index in [2.05, 4.69) is 56.7 Å². The molecule has 0 unspecified atom stereocenters. The van der Waals surface area contributed by atoms with Crippen molar-refractivity contribution in [2.24, 2.45) is 5.41 Å². The molecule has 0 radical (unpaired) electrons. The van der Waals surface area contributed by atoms with E-state index in [1.165, 1.54) is 49.7 Å². The number of nitrogens with one attached hydrogen (secondary N) is 1. The Morgan fingerprint density at radius 3 is 2.76 bits per heavy atom. The molecule has 0 spiro atoms. The molecule has 1 aliphatic rings. The van der Waals surface area contributed by atoms with E-state index in [4.69, 9.17) is 4.74 Å². The topological polar surface area (TPSA) is 55.0 Å². The second-order valence-electron chi connectivity index (χ2n) is 8.88. The van der Waals surface area contributed by atoms with E-state index in [0.717, 1.165) is 24.1 Å². The molecule has 0 fully saturated rings. The molecule has 2 rings (SSSR count). The van der Waals surface area contributed by atoms with Crippen LogP contribution in [0.25, 0.3) is 6.08 Å². The number of unbranched alkanes of at least 4 members (excludes halogenated alkanes) is 4. The fourth-order valence-electron chi connectivity index (χ4n) is 3.96. The summed E-state index contributed by atoms with van der Waals surface area (Å²) in [5.41, 5.74) is 5.02. The Morgan fingerprint density at radius 1 is 1.28 bits per heavy atom. The highest BCUT2D eigenvalue weighted by Crippen LogP contribution is 2.40. The summed E-state index contributed by atoms with van der Waals surface area (Å²) in [6, 6.07) is 0. The van der Waals surface area contributed by atoms with Crippen molar-refractivity contribution in [3.05, 3.63) is 46.6 Å². The predicted molar refractivity (Wildman–Crippen MR) is 121 cm³/mol. The number of H-pyrrole nitrogens is 1. The Labute approximate surface area is 176 Å². The van der Waals surface area contributed by atoms with Crippen LogP contribution in [0.2, 0.25) is 0 Å². The molecule has 0 saturated heterocycles. The maximum atomic E-state index is 12.1. The van der Waals surface area contributed by atoms with Crippen molar-refractivity contribution in [3.63, 3.8) is 0 Å². The van der Waals surface area contributed by atoms with Gasteiger partial charge in [-0.25, -0.2) is 9.78 Å². The number of esters is 1. The van der Waals surface area contributed by atoms with E-state index >= 15 is 0 Å². The van der Waals surface area contributed by atoms with Crippen LogP contribution in [0, 0.1) is 5.41 Å². The molecule has 0 saturated carbocycles. The minimum absolute atomic E-state index is 0.235. The van der Waals surface area contributed by atoms with Gasteiger partial charge in [0, 0.05) is 6.20 Å². The molecule has 1 aromatic heterocycles. The number of aromatic nitrogens is 2. The van der Waals surface area contributed by atoms with Crippen LogP contribution in [0.1, 0.15) is 102 Å². The largest absolute Gasteiger partial charge is 0.460 e. The number of hydrogen-bond acceptors (Lipinski definition) is 3. The van der Waals surface area contributed by atoms with Crippen LogP contribution in [0.4, 0.5) is 0 Å². The predicted octanol–water partition coefficient (Wildman–Crippen LogP) is 7.02. The molecule has 4 heteroatoms. The highest BCUT2D eigenvalue weighted by molar-refractivity contribution is 5.85. The monoisotopic (exact) mass is 398 g/mol. The van der Waals surface area contributed by atoms with Crippen molar-refractivity contribution in [1.29, 1.82) is 0 Å². The van der Waals surface area contributed by atoms with Gasteiger partial charge in [-0.1, -0.05) is 64.2 Å². The molecular formula is C25H38N2O2.